The van der Waals surface area contributed by atoms with Gasteiger partial charge in [0.15, 0.2) is 0 Å². The second-order valence-corrected chi connectivity index (χ2v) is 7.06. The minimum absolute atomic E-state index is 0.117. The van der Waals surface area contributed by atoms with E-state index in [2.05, 4.69) is 10.1 Å². The molecule has 6 heteroatoms. The molecule has 1 aromatic carbocycles. The van der Waals surface area contributed by atoms with E-state index < -0.39 is 0 Å². The monoisotopic (exact) mass is 319 g/mol. The van der Waals surface area contributed by atoms with Crippen molar-refractivity contribution < 1.29 is 9.32 Å². The topological polar surface area (TPSA) is 59.2 Å². The van der Waals surface area contributed by atoms with Crippen LogP contribution in [0.25, 0.3) is 11.4 Å². The maximum Gasteiger partial charge on any atom is 0.233 e. The van der Waals surface area contributed by atoms with Gasteiger partial charge in [-0.05, 0) is 12.1 Å². The van der Waals surface area contributed by atoms with Crippen molar-refractivity contribution in [2.75, 3.05) is 13.1 Å². The molecule has 0 saturated carbocycles. The van der Waals surface area contributed by atoms with Gasteiger partial charge in [0.2, 0.25) is 17.6 Å². The van der Waals surface area contributed by atoms with Gasteiger partial charge >= 0.3 is 0 Å². The maximum absolute atomic E-state index is 12.1. The lowest BCUT2D eigenvalue weighted by Crippen LogP contribution is -2.52. The molecule has 1 saturated heterocycles. The quantitative estimate of drug-likeness (QED) is 0.851. The van der Waals surface area contributed by atoms with Crippen LogP contribution in [-0.4, -0.2) is 34.0 Å². The summed E-state index contributed by atoms with van der Waals surface area (Å²) in [7, 11) is 0. The molecule has 2 aromatic rings. The first-order valence-corrected chi connectivity index (χ1v) is 7.61. The number of halogens is 1. The zero-order valence-electron chi connectivity index (χ0n) is 12.8. The Kier molecular flexibility index (Phi) is 3.68. The third-order valence-corrected chi connectivity index (χ3v) is 3.92. The molecule has 22 heavy (non-hydrogen) atoms. The fourth-order valence-corrected chi connectivity index (χ4v) is 2.61. The summed E-state index contributed by atoms with van der Waals surface area (Å²) in [5.41, 5.74) is 0.468. The Hall–Kier alpha value is -1.88. The van der Waals surface area contributed by atoms with Crippen LogP contribution in [0.3, 0.4) is 0 Å². The van der Waals surface area contributed by atoms with Crippen LogP contribution < -0.4 is 0 Å². The minimum atomic E-state index is -0.355. The fourth-order valence-electron chi connectivity index (χ4n) is 2.42. The summed E-state index contributed by atoms with van der Waals surface area (Å²) in [6.07, 6.45) is 0. The lowest BCUT2D eigenvalue weighted by Gasteiger charge is -2.40. The van der Waals surface area contributed by atoms with E-state index in [1.54, 1.807) is 12.1 Å². The van der Waals surface area contributed by atoms with Gasteiger partial charge < -0.3 is 9.42 Å². The van der Waals surface area contributed by atoms with Crippen LogP contribution in [0.2, 0.25) is 5.02 Å². The van der Waals surface area contributed by atoms with Crippen LogP contribution >= 0.6 is 11.6 Å². The highest BCUT2D eigenvalue weighted by molar-refractivity contribution is 6.30. The fraction of sp³-hybridized carbons (Fsp3) is 0.438. The second-order valence-electron chi connectivity index (χ2n) is 6.62. The van der Waals surface area contributed by atoms with Crippen LogP contribution in [0.15, 0.2) is 28.8 Å². The molecule has 0 atom stereocenters. The van der Waals surface area contributed by atoms with E-state index in [0.717, 1.165) is 5.56 Å². The molecule has 1 amide bonds. The number of amides is 1. The van der Waals surface area contributed by atoms with Crippen molar-refractivity contribution in [1.82, 2.24) is 15.0 Å². The Labute approximate surface area is 134 Å². The van der Waals surface area contributed by atoms with Crippen LogP contribution in [0, 0.1) is 5.41 Å². The third-order valence-electron chi connectivity index (χ3n) is 3.68. The first-order chi connectivity index (χ1) is 10.3. The molecule has 0 N–H and O–H groups in total. The molecule has 116 valence electrons. The molecule has 2 heterocycles. The molecule has 0 bridgehead atoms. The van der Waals surface area contributed by atoms with Gasteiger partial charge in [-0.15, -0.1) is 0 Å². The molecule has 0 spiro atoms. The first-order valence-electron chi connectivity index (χ1n) is 7.23. The molecule has 5 nitrogen and oxygen atoms in total. The van der Waals surface area contributed by atoms with E-state index in [9.17, 15) is 4.79 Å². The summed E-state index contributed by atoms with van der Waals surface area (Å²) in [4.78, 5) is 18.4. The highest BCUT2D eigenvalue weighted by Crippen LogP contribution is 2.31. The van der Waals surface area contributed by atoms with Crippen molar-refractivity contribution in [3.8, 4) is 11.4 Å². The highest BCUT2D eigenvalue weighted by Gasteiger charge is 2.39. The Balaban J connectivity index is 1.68. The normalized spacial score (nSPS) is 15.7. The second kappa shape index (κ2) is 5.39. The van der Waals surface area contributed by atoms with Crippen LogP contribution in [0.4, 0.5) is 0 Å². The standard InChI is InChI=1S/C16H18ClN3O2/c1-16(2,3)15(21)20-8-11(9-20)14-18-13(19-22-14)10-5-4-6-12(17)7-10/h4-7,11H,8-9H2,1-3H3. The van der Waals surface area contributed by atoms with Gasteiger partial charge in [0, 0.05) is 29.1 Å². The largest absolute Gasteiger partial charge is 0.341 e. The van der Waals surface area contributed by atoms with Crippen molar-refractivity contribution in [3.63, 3.8) is 0 Å². The number of carbonyl (C=O) groups is 1. The van der Waals surface area contributed by atoms with Gasteiger partial charge in [0.25, 0.3) is 0 Å². The summed E-state index contributed by atoms with van der Waals surface area (Å²) in [5, 5.41) is 4.63. The van der Waals surface area contributed by atoms with Crippen molar-refractivity contribution in [2.45, 2.75) is 26.7 Å². The number of hydrogen-bond donors (Lipinski definition) is 0. The predicted molar refractivity (Wildman–Crippen MR) is 83.5 cm³/mol. The average Bonchev–Trinajstić information content (AvgIpc) is 2.85. The molecule has 1 aliphatic heterocycles. The van der Waals surface area contributed by atoms with E-state index >= 15 is 0 Å². The van der Waals surface area contributed by atoms with E-state index in [4.69, 9.17) is 16.1 Å². The number of benzene rings is 1. The summed E-state index contributed by atoms with van der Waals surface area (Å²) in [5.74, 6) is 1.37. The molecular weight excluding hydrogens is 302 g/mol. The Bertz CT molecular complexity index is 699. The van der Waals surface area contributed by atoms with Crippen molar-refractivity contribution in [1.29, 1.82) is 0 Å². The smallest absolute Gasteiger partial charge is 0.233 e. The number of aromatic nitrogens is 2. The van der Waals surface area contributed by atoms with E-state index in [1.807, 2.05) is 37.8 Å². The van der Waals surface area contributed by atoms with Crippen LogP contribution in [0.5, 0.6) is 0 Å². The Morgan fingerprint density at radius 3 is 2.73 bits per heavy atom. The van der Waals surface area contributed by atoms with E-state index in [1.165, 1.54) is 0 Å². The zero-order valence-corrected chi connectivity index (χ0v) is 13.6. The number of rotatable bonds is 2. The van der Waals surface area contributed by atoms with Crippen LogP contribution in [0.1, 0.15) is 32.6 Å². The first kappa shape index (κ1) is 15.0. The molecule has 1 aliphatic rings. The molecule has 0 radical (unpaired) electrons. The lowest BCUT2D eigenvalue weighted by atomic mass is 9.90. The third kappa shape index (κ3) is 2.86. The maximum atomic E-state index is 12.1. The van der Waals surface area contributed by atoms with Gasteiger partial charge in [0.1, 0.15) is 0 Å². The summed E-state index contributed by atoms with van der Waals surface area (Å²) >= 11 is 5.97. The molecule has 1 aromatic heterocycles. The summed E-state index contributed by atoms with van der Waals surface area (Å²) in [6, 6.07) is 7.33. The summed E-state index contributed by atoms with van der Waals surface area (Å²) in [6.45, 7) is 7.03. The Morgan fingerprint density at radius 2 is 2.09 bits per heavy atom. The van der Waals surface area contributed by atoms with Gasteiger partial charge in [0.05, 0.1) is 5.92 Å². The molecular formula is C16H18ClN3O2. The SMILES string of the molecule is CC(C)(C)C(=O)N1CC(c2nc(-c3cccc(Cl)c3)no2)C1. The zero-order chi connectivity index (χ0) is 15.9. The van der Waals surface area contributed by atoms with Gasteiger partial charge in [-0.2, -0.15) is 4.98 Å². The highest BCUT2D eigenvalue weighted by atomic mass is 35.5. The average molecular weight is 320 g/mol. The number of likely N-dealkylation sites (tertiary alicyclic amines) is 1. The molecule has 3 rings (SSSR count). The van der Waals surface area contributed by atoms with Crippen molar-refractivity contribution in [2.24, 2.45) is 5.41 Å². The summed E-state index contributed by atoms with van der Waals surface area (Å²) < 4.78 is 5.33. The number of nitrogens with zero attached hydrogens (tertiary/aromatic N) is 3. The Morgan fingerprint density at radius 1 is 1.36 bits per heavy atom. The molecule has 1 fully saturated rings. The van der Waals surface area contributed by atoms with Crippen molar-refractivity contribution in [3.05, 3.63) is 35.2 Å². The minimum Gasteiger partial charge on any atom is -0.341 e. The number of hydrogen-bond acceptors (Lipinski definition) is 4. The predicted octanol–water partition coefficient (Wildman–Crippen LogP) is 3.36. The van der Waals surface area contributed by atoms with Crippen molar-refractivity contribution >= 4 is 17.5 Å². The van der Waals surface area contributed by atoms with Gasteiger partial charge in [-0.3, -0.25) is 4.79 Å². The lowest BCUT2D eigenvalue weighted by molar-refractivity contribution is -0.144. The van der Waals surface area contributed by atoms with Gasteiger partial charge in [-0.1, -0.05) is 49.7 Å². The van der Waals surface area contributed by atoms with Gasteiger partial charge in [-0.25, -0.2) is 0 Å². The van der Waals surface area contributed by atoms with E-state index in [0.29, 0.717) is 29.8 Å². The van der Waals surface area contributed by atoms with Crippen LogP contribution in [-0.2, 0) is 4.79 Å². The van der Waals surface area contributed by atoms with E-state index in [-0.39, 0.29) is 17.2 Å². The number of carbonyl (C=O) groups excluding carboxylic acids is 1. The molecule has 0 aliphatic carbocycles. The molecule has 0 unspecified atom stereocenters.